The number of pyridine rings is 1. The van der Waals surface area contributed by atoms with Crippen LogP contribution in [0, 0.1) is 0 Å². The number of aromatic amines is 1. The molecule has 1 amide bonds. The molecule has 0 atom stereocenters. The predicted octanol–water partition coefficient (Wildman–Crippen LogP) is 1.20. The van der Waals surface area contributed by atoms with E-state index < -0.39 is 0 Å². The maximum Gasteiger partial charge on any atom is 0.275 e. The standard InChI is InChI=1S/C11H13N5O/c1-2-7-5-14-16-10(7)15-11(17)9-4-3-8(12)6-13-9/h3-6H,2,12H2,1H3,(H2,14,15,16,17). The lowest BCUT2D eigenvalue weighted by molar-refractivity contribution is 0.102. The maximum absolute atomic E-state index is 11.8. The van der Waals surface area contributed by atoms with Gasteiger partial charge in [-0.1, -0.05) is 6.92 Å². The van der Waals surface area contributed by atoms with Gasteiger partial charge >= 0.3 is 0 Å². The van der Waals surface area contributed by atoms with Gasteiger partial charge in [0, 0.05) is 5.56 Å². The van der Waals surface area contributed by atoms with Crippen LogP contribution >= 0.6 is 0 Å². The number of nitrogens with one attached hydrogen (secondary N) is 2. The molecular formula is C11H13N5O. The Morgan fingerprint density at radius 2 is 2.29 bits per heavy atom. The third-order valence-corrected chi connectivity index (χ3v) is 2.36. The fourth-order valence-electron chi connectivity index (χ4n) is 1.40. The van der Waals surface area contributed by atoms with E-state index in [1.165, 1.54) is 6.20 Å². The van der Waals surface area contributed by atoms with E-state index in [2.05, 4.69) is 20.5 Å². The molecule has 6 nitrogen and oxygen atoms in total. The number of carbonyl (C=O) groups is 1. The van der Waals surface area contributed by atoms with Gasteiger partial charge in [0.1, 0.15) is 11.5 Å². The number of carbonyl (C=O) groups excluding carboxylic acids is 1. The van der Waals surface area contributed by atoms with E-state index >= 15 is 0 Å². The lowest BCUT2D eigenvalue weighted by atomic mass is 10.2. The van der Waals surface area contributed by atoms with Gasteiger partial charge in [0.05, 0.1) is 18.1 Å². The van der Waals surface area contributed by atoms with Gasteiger partial charge in [0.25, 0.3) is 5.91 Å². The zero-order chi connectivity index (χ0) is 12.3. The van der Waals surface area contributed by atoms with Crippen LogP contribution in [-0.4, -0.2) is 21.1 Å². The lowest BCUT2D eigenvalue weighted by Gasteiger charge is -2.04. The number of H-pyrrole nitrogens is 1. The number of anilines is 2. The molecule has 2 aromatic heterocycles. The van der Waals surface area contributed by atoms with E-state index in [-0.39, 0.29) is 5.91 Å². The van der Waals surface area contributed by atoms with Crippen molar-refractivity contribution in [1.82, 2.24) is 15.2 Å². The first-order valence-electron chi connectivity index (χ1n) is 5.26. The molecule has 0 saturated heterocycles. The minimum atomic E-state index is -0.288. The van der Waals surface area contributed by atoms with Crippen LogP contribution in [0.4, 0.5) is 11.5 Å². The average Bonchev–Trinajstić information content (AvgIpc) is 2.77. The van der Waals surface area contributed by atoms with Crippen LogP contribution in [0.1, 0.15) is 23.0 Å². The van der Waals surface area contributed by atoms with Gasteiger partial charge in [0.2, 0.25) is 0 Å². The number of nitrogen functional groups attached to an aromatic ring is 1. The second kappa shape index (κ2) is 4.65. The summed E-state index contributed by atoms with van der Waals surface area (Å²) in [5.41, 5.74) is 7.29. The Bertz CT molecular complexity index is 517. The molecule has 0 aliphatic rings. The van der Waals surface area contributed by atoms with Crippen molar-refractivity contribution < 1.29 is 4.79 Å². The highest BCUT2D eigenvalue weighted by molar-refractivity contribution is 6.02. The number of rotatable bonds is 3. The molecule has 0 spiro atoms. The largest absolute Gasteiger partial charge is 0.397 e. The van der Waals surface area contributed by atoms with Crippen molar-refractivity contribution in [1.29, 1.82) is 0 Å². The smallest absolute Gasteiger partial charge is 0.275 e. The van der Waals surface area contributed by atoms with Crippen molar-refractivity contribution in [2.24, 2.45) is 0 Å². The highest BCUT2D eigenvalue weighted by Crippen LogP contribution is 2.12. The topological polar surface area (TPSA) is 96.7 Å². The van der Waals surface area contributed by atoms with Crippen LogP contribution in [0.2, 0.25) is 0 Å². The SMILES string of the molecule is CCc1cn[nH]c1NC(=O)c1ccc(N)cn1. The second-order valence-corrected chi connectivity index (χ2v) is 3.55. The molecule has 2 heterocycles. The Labute approximate surface area is 98.3 Å². The van der Waals surface area contributed by atoms with E-state index in [0.29, 0.717) is 17.2 Å². The monoisotopic (exact) mass is 231 g/mol. The number of nitrogens with two attached hydrogens (primary N) is 1. The first-order chi connectivity index (χ1) is 8.20. The lowest BCUT2D eigenvalue weighted by Crippen LogP contribution is -2.14. The van der Waals surface area contributed by atoms with E-state index in [4.69, 9.17) is 5.73 Å². The number of aromatic nitrogens is 3. The Balaban J connectivity index is 2.14. The second-order valence-electron chi connectivity index (χ2n) is 3.55. The number of nitrogens with zero attached hydrogens (tertiary/aromatic N) is 2. The summed E-state index contributed by atoms with van der Waals surface area (Å²) in [4.78, 5) is 15.8. The minimum Gasteiger partial charge on any atom is -0.397 e. The van der Waals surface area contributed by atoms with Crippen molar-refractivity contribution in [2.45, 2.75) is 13.3 Å². The zero-order valence-corrected chi connectivity index (χ0v) is 9.40. The molecule has 4 N–H and O–H groups in total. The zero-order valence-electron chi connectivity index (χ0n) is 9.40. The minimum absolute atomic E-state index is 0.288. The summed E-state index contributed by atoms with van der Waals surface area (Å²) in [5, 5.41) is 9.32. The van der Waals surface area contributed by atoms with Gasteiger partial charge in [0.15, 0.2) is 0 Å². The third-order valence-electron chi connectivity index (χ3n) is 2.36. The van der Waals surface area contributed by atoms with Gasteiger partial charge in [-0.2, -0.15) is 5.10 Å². The van der Waals surface area contributed by atoms with Gasteiger partial charge < -0.3 is 11.1 Å². The van der Waals surface area contributed by atoms with Crippen molar-refractivity contribution >= 4 is 17.4 Å². The summed E-state index contributed by atoms with van der Waals surface area (Å²) in [5.74, 6) is 0.320. The van der Waals surface area contributed by atoms with Crippen molar-refractivity contribution in [3.05, 3.63) is 35.8 Å². The molecule has 0 fully saturated rings. The van der Waals surface area contributed by atoms with Gasteiger partial charge in [-0.3, -0.25) is 9.89 Å². The summed E-state index contributed by atoms with van der Waals surface area (Å²) in [6.07, 6.45) is 3.93. The first-order valence-corrected chi connectivity index (χ1v) is 5.26. The van der Waals surface area contributed by atoms with Crippen molar-refractivity contribution in [2.75, 3.05) is 11.1 Å². The number of aryl methyl sites for hydroxylation is 1. The van der Waals surface area contributed by atoms with Crippen molar-refractivity contribution in [3.63, 3.8) is 0 Å². The van der Waals surface area contributed by atoms with Crippen LogP contribution in [0.25, 0.3) is 0 Å². The first kappa shape index (κ1) is 11.1. The number of amides is 1. The molecule has 6 heteroatoms. The van der Waals surface area contributed by atoms with Gasteiger partial charge in [-0.15, -0.1) is 0 Å². The molecule has 0 bridgehead atoms. The molecule has 0 saturated carbocycles. The molecule has 2 rings (SSSR count). The predicted molar refractivity (Wildman–Crippen MR) is 64.6 cm³/mol. The average molecular weight is 231 g/mol. The molecule has 0 radical (unpaired) electrons. The van der Waals surface area contributed by atoms with E-state index in [0.717, 1.165) is 12.0 Å². The number of hydrogen-bond donors (Lipinski definition) is 3. The fourth-order valence-corrected chi connectivity index (χ4v) is 1.40. The van der Waals surface area contributed by atoms with E-state index in [1.807, 2.05) is 6.92 Å². The molecule has 0 unspecified atom stereocenters. The van der Waals surface area contributed by atoms with Crippen molar-refractivity contribution in [3.8, 4) is 0 Å². The van der Waals surface area contributed by atoms with Crippen LogP contribution in [0.15, 0.2) is 24.5 Å². The Morgan fingerprint density at radius 1 is 1.47 bits per heavy atom. The van der Waals surface area contributed by atoms with E-state index in [1.54, 1.807) is 18.3 Å². The summed E-state index contributed by atoms with van der Waals surface area (Å²) >= 11 is 0. The van der Waals surface area contributed by atoms with Gasteiger partial charge in [-0.25, -0.2) is 4.98 Å². The Morgan fingerprint density at radius 3 is 2.94 bits per heavy atom. The molecule has 0 aliphatic heterocycles. The van der Waals surface area contributed by atoms with Crippen LogP contribution in [0.3, 0.4) is 0 Å². The maximum atomic E-state index is 11.8. The Hall–Kier alpha value is -2.37. The normalized spacial score (nSPS) is 10.2. The fraction of sp³-hybridized carbons (Fsp3) is 0.182. The van der Waals surface area contributed by atoms with Crippen LogP contribution in [0.5, 0.6) is 0 Å². The highest BCUT2D eigenvalue weighted by atomic mass is 16.1. The third kappa shape index (κ3) is 2.41. The van der Waals surface area contributed by atoms with E-state index in [9.17, 15) is 4.79 Å². The van der Waals surface area contributed by atoms with Gasteiger partial charge in [-0.05, 0) is 18.6 Å². The Kier molecular flexibility index (Phi) is 3.04. The molecule has 0 aliphatic carbocycles. The summed E-state index contributed by atoms with van der Waals surface area (Å²) in [7, 11) is 0. The molecule has 17 heavy (non-hydrogen) atoms. The van der Waals surface area contributed by atoms with Crippen LogP contribution < -0.4 is 11.1 Å². The molecular weight excluding hydrogens is 218 g/mol. The molecule has 2 aromatic rings. The highest BCUT2D eigenvalue weighted by Gasteiger charge is 2.10. The summed E-state index contributed by atoms with van der Waals surface area (Å²) < 4.78 is 0. The summed E-state index contributed by atoms with van der Waals surface area (Å²) in [6.45, 7) is 1.99. The molecule has 88 valence electrons. The van der Waals surface area contributed by atoms with Crippen LogP contribution in [-0.2, 0) is 6.42 Å². The number of hydrogen-bond acceptors (Lipinski definition) is 4. The quantitative estimate of drug-likeness (QED) is 0.739. The molecule has 0 aromatic carbocycles. The summed E-state index contributed by atoms with van der Waals surface area (Å²) in [6, 6.07) is 3.21.